The van der Waals surface area contributed by atoms with Crippen LogP contribution in [0.1, 0.15) is 24.8 Å². The van der Waals surface area contributed by atoms with E-state index in [-0.39, 0.29) is 11.3 Å². The average Bonchev–Trinajstić information content (AvgIpc) is 3.04. The van der Waals surface area contributed by atoms with Crippen LogP contribution in [-0.4, -0.2) is 43.2 Å². The third kappa shape index (κ3) is 2.47. The van der Waals surface area contributed by atoms with Gasteiger partial charge in [-0.25, -0.2) is 0 Å². The molecule has 2 atom stereocenters. The lowest BCUT2D eigenvalue weighted by Crippen LogP contribution is -2.39. The van der Waals surface area contributed by atoms with Crippen molar-refractivity contribution >= 4 is 17.7 Å². The lowest BCUT2D eigenvalue weighted by atomic mass is 9.89. The summed E-state index contributed by atoms with van der Waals surface area (Å²) in [5.41, 5.74) is 1.28. The summed E-state index contributed by atoms with van der Waals surface area (Å²) in [6.07, 6.45) is 0.966. The standard InChI is InChI=1S/C16H22N2OS/c1-16(15(19)17-2)7-8-18(11-16)9-12-10-20-14-6-4-3-5-13(12)14/h3-6,12H,7-11H2,1-2H3,(H,17,19). The van der Waals surface area contributed by atoms with Crippen molar-refractivity contribution in [3.05, 3.63) is 29.8 Å². The maximum Gasteiger partial charge on any atom is 0.227 e. The number of fused-ring (bicyclic) bond motifs is 1. The van der Waals surface area contributed by atoms with Crippen LogP contribution in [0.25, 0.3) is 0 Å². The Morgan fingerprint density at radius 3 is 3.10 bits per heavy atom. The Labute approximate surface area is 125 Å². The van der Waals surface area contributed by atoms with E-state index in [0.717, 1.165) is 26.1 Å². The fourth-order valence-corrected chi connectivity index (χ4v) is 4.63. The fraction of sp³-hybridized carbons (Fsp3) is 0.562. The minimum atomic E-state index is -0.208. The van der Waals surface area contributed by atoms with Crippen LogP contribution in [0.3, 0.4) is 0 Å². The van der Waals surface area contributed by atoms with Gasteiger partial charge in [-0.1, -0.05) is 18.2 Å². The highest BCUT2D eigenvalue weighted by atomic mass is 32.2. The largest absolute Gasteiger partial charge is 0.359 e. The van der Waals surface area contributed by atoms with Crippen molar-refractivity contribution in [2.24, 2.45) is 5.41 Å². The van der Waals surface area contributed by atoms with Crippen LogP contribution in [0.5, 0.6) is 0 Å². The number of rotatable bonds is 3. The molecule has 0 aliphatic carbocycles. The molecule has 1 fully saturated rings. The second-order valence-electron chi connectivity index (χ2n) is 6.17. The van der Waals surface area contributed by atoms with Crippen molar-refractivity contribution in [1.29, 1.82) is 0 Å². The predicted molar refractivity (Wildman–Crippen MR) is 83.1 cm³/mol. The zero-order valence-electron chi connectivity index (χ0n) is 12.2. The summed E-state index contributed by atoms with van der Waals surface area (Å²) < 4.78 is 0. The molecule has 3 rings (SSSR count). The molecule has 0 saturated carbocycles. The first-order valence-electron chi connectivity index (χ1n) is 7.29. The van der Waals surface area contributed by atoms with Gasteiger partial charge in [-0.05, 0) is 31.5 Å². The topological polar surface area (TPSA) is 32.3 Å². The number of carbonyl (C=O) groups is 1. The number of nitrogens with one attached hydrogen (secondary N) is 1. The number of hydrogen-bond acceptors (Lipinski definition) is 3. The molecule has 0 spiro atoms. The SMILES string of the molecule is CNC(=O)C1(C)CCN(CC2CSc3ccccc32)C1. The van der Waals surface area contributed by atoms with Crippen LogP contribution < -0.4 is 5.32 Å². The first-order chi connectivity index (χ1) is 9.62. The minimum Gasteiger partial charge on any atom is -0.359 e. The van der Waals surface area contributed by atoms with E-state index in [1.807, 2.05) is 11.8 Å². The summed E-state index contributed by atoms with van der Waals surface area (Å²) in [6.45, 7) is 5.09. The first-order valence-corrected chi connectivity index (χ1v) is 8.27. The van der Waals surface area contributed by atoms with Gasteiger partial charge in [-0.15, -0.1) is 11.8 Å². The van der Waals surface area contributed by atoms with Gasteiger partial charge in [0.15, 0.2) is 0 Å². The number of nitrogens with zero attached hydrogens (tertiary/aromatic N) is 1. The molecule has 1 amide bonds. The Balaban J connectivity index is 1.65. The van der Waals surface area contributed by atoms with Crippen LogP contribution in [-0.2, 0) is 4.79 Å². The minimum absolute atomic E-state index is 0.182. The predicted octanol–water partition coefficient (Wildman–Crippen LogP) is 2.33. The van der Waals surface area contributed by atoms with E-state index >= 15 is 0 Å². The van der Waals surface area contributed by atoms with Gasteiger partial charge in [0.25, 0.3) is 0 Å². The Hall–Kier alpha value is -1.00. The number of likely N-dealkylation sites (tertiary alicyclic amines) is 1. The molecule has 2 heterocycles. The maximum absolute atomic E-state index is 12.0. The molecule has 2 unspecified atom stereocenters. The van der Waals surface area contributed by atoms with E-state index in [9.17, 15) is 4.79 Å². The van der Waals surface area contributed by atoms with Crippen molar-refractivity contribution in [2.45, 2.75) is 24.2 Å². The van der Waals surface area contributed by atoms with Gasteiger partial charge in [0.05, 0.1) is 5.41 Å². The summed E-state index contributed by atoms with van der Waals surface area (Å²) in [5, 5.41) is 2.81. The molecule has 20 heavy (non-hydrogen) atoms. The summed E-state index contributed by atoms with van der Waals surface area (Å²) in [6, 6.07) is 8.73. The van der Waals surface area contributed by atoms with Crippen molar-refractivity contribution in [1.82, 2.24) is 10.2 Å². The van der Waals surface area contributed by atoms with Gasteiger partial charge in [-0.3, -0.25) is 4.79 Å². The van der Waals surface area contributed by atoms with E-state index in [4.69, 9.17) is 0 Å². The van der Waals surface area contributed by atoms with E-state index in [2.05, 4.69) is 41.4 Å². The van der Waals surface area contributed by atoms with Crippen molar-refractivity contribution in [3.8, 4) is 0 Å². The smallest absolute Gasteiger partial charge is 0.227 e. The Morgan fingerprint density at radius 1 is 1.50 bits per heavy atom. The average molecular weight is 290 g/mol. The molecule has 2 aliphatic rings. The van der Waals surface area contributed by atoms with Gasteiger partial charge >= 0.3 is 0 Å². The molecule has 1 aromatic carbocycles. The summed E-state index contributed by atoms with van der Waals surface area (Å²) in [7, 11) is 1.74. The molecule has 4 heteroatoms. The third-order valence-electron chi connectivity index (χ3n) is 4.61. The molecular formula is C16H22N2OS. The zero-order chi connectivity index (χ0) is 14.2. The molecule has 1 N–H and O–H groups in total. The summed E-state index contributed by atoms with van der Waals surface area (Å²) in [4.78, 5) is 15.9. The normalized spacial score (nSPS) is 29.4. The number of thioether (sulfide) groups is 1. The summed E-state index contributed by atoms with van der Waals surface area (Å²) >= 11 is 1.96. The lowest BCUT2D eigenvalue weighted by Gasteiger charge is -2.24. The molecule has 0 bridgehead atoms. The van der Waals surface area contributed by atoms with E-state index < -0.39 is 0 Å². The summed E-state index contributed by atoms with van der Waals surface area (Å²) in [5.74, 6) is 1.97. The Bertz CT molecular complexity index is 519. The number of hydrogen-bond donors (Lipinski definition) is 1. The highest BCUT2D eigenvalue weighted by Crippen LogP contribution is 2.41. The molecule has 0 radical (unpaired) electrons. The second kappa shape index (κ2) is 5.41. The van der Waals surface area contributed by atoms with Gasteiger partial charge in [-0.2, -0.15) is 0 Å². The Kier molecular flexibility index (Phi) is 3.78. The van der Waals surface area contributed by atoms with Crippen molar-refractivity contribution in [2.75, 3.05) is 32.4 Å². The molecule has 3 nitrogen and oxygen atoms in total. The van der Waals surface area contributed by atoms with Crippen LogP contribution >= 0.6 is 11.8 Å². The molecule has 0 aromatic heterocycles. The zero-order valence-corrected chi connectivity index (χ0v) is 13.0. The van der Waals surface area contributed by atoms with Crippen molar-refractivity contribution < 1.29 is 4.79 Å². The van der Waals surface area contributed by atoms with Gasteiger partial charge in [0.2, 0.25) is 5.91 Å². The quantitative estimate of drug-likeness (QED) is 0.927. The molecule has 108 valence electrons. The maximum atomic E-state index is 12.0. The Morgan fingerprint density at radius 2 is 2.30 bits per heavy atom. The van der Waals surface area contributed by atoms with Crippen LogP contribution in [0, 0.1) is 5.41 Å². The number of carbonyl (C=O) groups excluding carboxylic acids is 1. The van der Waals surface area contributed by atoms with E-state index in [0.29, 0.717) is 5.92 Å². The van der Waals surface area contributed by atoms with E-state index in [1.54, 1.807) is 7.05 Å². The molecular weight excluding hydrogens is 268 g/mol. The molecule has 1 saturated heterocycles. The van der Waals surface area contributed by atoms with Crippen LogP contribution in [0.4, 0.5) is 0 Å². The fourth-order valence-electron chi connectivity index (χ4n) is 3.39. The van der Waals surface area contributed by atoms with Crippen molar-refractivity contribution in [3.63, 3.8) is 0 Å². The first kappa shape index (κ1) is 14.0. The van der Waals surface area contributed by atoms with Crippen LogP contribution in [0.2, 0.25) is 0 Å². The highest BCUT2D eigenvalue weighted by molar-refractivity contribution is 7.99. The highest BCUT2D eigenvalue weighted by Gasteiger charge is 2.40. The van der Waals surface area contributed by atoms with Gasteiger partial charge in [0, 0.05) is 36.7 Å². The molecule has 1 aromatic rings. The lowest BCUT2D eigenvalue weighted by molar-refractivity contribution is -0.129. The number of amides is 1. The van der Waals surface area contributed by atoms with Gasteiger partial charge in [0.1, 0.15) is 0 Å². The van der Waals surface area contributed by atoms with E-state index in [1.165, 1.54) is 16.2 Å². The monoisotopic (exact) mass is 290 g/mol. The third-order valence-corrected chi connectivity index (χ3v) is 5.86. The van der Waals surface area contributed by atoms with Gasteiger partial charge < -0.3 is 10.2 Å². The second-order valence-corrected chi connectivity index (χ2v) is 7.23. The number of benzene rings is 1. The van der Waals surface area contributed by atoms with Crippen LogP contribution in [0.15, 0.2) is 29.2 Å². The molecule has 2 aliphatic heterocycles.